The van der Waals surface area contributed by atoms with E-state index in [0.29, 0.717) is 11.1 Å². The van der Waals surface area contributed by atoms with E-state index in [4.69, 9.17) is 4.74 Å². The molecule has 2 aliphatic rings. The fourth-order valence-corrected chi connectivity index (χ4v) is 4.35. The number of carboxylic acids is 1. The number of carbonyl (C=O) groups is 4. The summed E-state index contributed by atoms with van der Waals surface area (Å²) in [7, 11) is 0. The van der Waals surface area contributed by atoms with Gasteiger partial charge in [-0.3, -0.25) is 19.3 Å². The Kier molecular flexibility index (Phi) is 5.87. The maximum absolute atomic E-state index is 12.6. The second-order valence-electron chi connectivity index (χ2n) is 6.21. The zero-order valence-electron chi connectivity index (χ0n) is 15.2. The first-order chi connectivity index (χ1) is 13.8. The number of nitrogens with zero attached hydrogens (tertiary/aromatic N) is 2. The summed E-state index contributed by atoms with van der Waals surface area (Å²) in [4.78, 5) is 48.8. The molecule has 0 aliphatic carbocycles. The molecule has 3 rings (SSSR count). The molecule has 1 aromatic rings. The number of β-lactam (4-membered cyclic amide) rings is 1. The fraction of sp³-hybridized carbons (Fsp3) is 0.278. The van der Waals surface area contributed by atoms with Crippen LogP contribution in [0.15, 0.2) is 46.8 Å². The number of hydrogen-bond donors (Lipinski definition) is 3. The van der Waals surface area contributed by atoms with Gasteiger partial charge in [0.15, 0.2) is 5.71 Å². The van der Waals surface area contributed by atoms with Crippen LogP contribution < -0.4 is 5.32 Å². The summed E-state index contributed by atoms with van der Waals surface area (Å²) in [6, 6.07) is 7.23. The van der Waals surface area contributed by atoms with Crippen molar-refractivity contribution in [1.29, 1.82) is 0 Å². The monoisotopic (exact) mass is 419 g/mol. The van der Waals surface area contributed by atoms with E-state index >= 15 is 0 Å². The Balaban J connectivity index is 1.76. The Morgan fingerprint density at radius 1 is 1.31 bits per heavy atom. The summed E-state index contributed by atoms with van der Waals surface area (Å²) >= 11 is 1.24. The summed E-state index contributed by atoms with van der Waals surface area (Å²) in [5.41, 5.74) is 0.156. The third-order valence-electron chi connectivity index (χ3n) is 4.35. The summed E-state index contributed by atoms with van der Waals surface area (Å²) in [6.45, 7) is 0.972. The van der Waals surface area contributed by atoms with Crippen molar-refractivity contribution in [2.24, 2.45) is 5.16 Å². The summed E-state index contributed by atoms with van der Waals surface area (Å²) in [6.07, 6.45) is 0. The minimum atomic E-state index is -1.32. The Hall–Kier alpha value is -3.34. The Morgan fingerprint density at radius 3 is 2.59 bits per heavy atom. The maximum Gasteiger partial charge on any atom is 0.352 e. The molecule has 2 amide bonds. The minimum Gasteiger partial charge on any atom is -0.477 e. The van der Waals surface area contributed by atoms with Crippen molar-refractivity contribution < 1.29 is 34.2 Å². The van der Waals surface area contributed by atoms with Gasteiger partial charge in [0.2, 0.25) is 0 Å². The number of carbonyl (C=O) groups excluding carboxylic acids is 3. The zero-order chi connectivity index (χ0) is 21.1. The van der Waals surface area contributed by atoms with E-state index in [1.54, 1.807) is 30.3 Å². The molecule has 152 valence electrons. The minimum absolute atomic E-state index is 0.218. The average molecular weight is 419 g/mol. The van der Waals surface area contributed by atoms with Gasteiger partial charge in [-0.15, -0.1) is 11.8 Å². The van der Waals surface area contributed by atoms with E-state index in [0.717, 1.165) is 4.90 Å². The molecule has 2 atom stereocenters. The third kappa shape index (κ3) is 3.94. The van der Waals surface area contributed by atoms with Gasteiger partial charge in [0.05, 0.1) is 0 Å². The van der Waals surface area contributed by atoms with Crippen LogP contribution in [0.3, 0.4) is 0 Å². The van der Waals surface area contributed by atoms with Gasteiger partial charge in [-0.25, -0.2) is 4.79 Å². The van der Waals surface area contributed by atoms with Crippen LogP contribution in [0.5, 0.6) is 0 Å². The third-order valence-corrected chi connectivity index (χ3v) is 5.69. The van der Waals surface area contributed by atoms with Gasteiger partial charge < -0.3 is 20.4 Å². The summed E-state index contributed by atoms with van der Waals surface area (Å²) in [5, 5.41) is 23.6. The number of ether oxygens (including phenoxy) is 1. The number of thioether (sulfide) groups is 1. The van der Waals surface area contributed by atoms with Crippen molar-refractivity contribution in [1.82, 2.24) is 10.2 Å². The van der Waals surface area contributed by atoms with Crippen molar-refractivity contribution in [2.45, 2.75) is 18.3 Å². The van der Waals surface area contributed by atoms with Gasteiger partial charge in [-0.1, -0.05) is 35.5 Å². The van der Waals surface area contributed by atoms with Crippen LogP contribution >= 0.6 is 11.8 Å². The normalized spacial score (nSPS) is 21.2. The van der Waals surface area contributed by atoms with E-state index in [-0.39, 0.29) is 23.8 Å². The highest BCUT2D eigenvalue weighted by Gasteiger charge is 2.54. The number of fused-ring (bicyclic) bond motifs is 1. The molecular formula is C18H17N3O7S. The number of benzene rings is 1. The largest absolute Gasteiger partial charge is 0.477 e. The smallest absolute Gasteiger partial charge is 0.352 e. The van der Waals surface area contributed by atoms with Gasteiger partial charge >= 0.3 is 11.9 Å². The second kappa shape index (κ2) is 8.35. The van der Waals surface area contributed by atoms with E-state index in [1.807, 2.05) is 0 Å². The highest BCUT2D eigenvalue weighted by atomic mass is 32.2. The van der Waals surface area contributed by atoms with Crippen molar-refractivity contribution in [3.05, 3.63) is 47.2 Å². The Morgan fingerprint density at radius 2 is 2.00 bits per heavy atom. The van der Waals surface area contributed by atoms with Crippen LogP contribution in [0.2, 0.25) is 0 Å². The quantitative estimate of drug-likeness (QED) is 0.194. The molecule has 0 spiro atoms. The van der Waals surface area contributed by atoms with Crippen LogP contribution in [0.1, 0.15) is 12.5 Å². The van der Waals surface area contributed by atoms with Crippen LogP contribution in [-0.2, 0) is 23.9 Å². The number of esters is 1. The van der Waals surface area contributed by atoms with Gasteiger partial charge in [0.1, 0.15) is 23.7 Å². The molecule has 0 bridgehead atoms. The molecule has 1 aromatic carbocycles. The van der Waals surface area contributed by atoms with Crippen LogP contribution in [0.25, 0.3) is 0 Å². The van der Waals surface area contributed by atoms with E-state index < -0.39 is 35.2 Å². The first-order valence-corrected chi connectivity index (χ1v) is 9.51. The highest BCUT2D eigenvalue weighted by Crippen LogP contribution is 2.40. The molecule has 0 saturated carbocycles. The molecule has 0 aromatic heterocycles. The van der Waals surface area contributed by atoms with Gasteiger partial charge in [0.25, 0.3) is 11.8 Å². The number of aliphatic carboxylic acids is 1. The second-order valence-corrected chi connectivity index (χ2v) is 7.32. The zero-order valence-corrected chi connectivity index (χ0v) is 16.0. The molecule has 1 saturated heterocycles. The standard InChI is InChI=1S/C18H17N3O7S/c1-9(22)28-7-11-8-29-17-13(16(24)21(17)14(11)18(25)26)19-15(23)12(20-27)10-5-3-2-4-6-10/h2-6,13,17,27H,7-8H2,1H3,(H,19,23)(H,25,26)/b20-12+/t13-,17-/m1/s1. The van der Waals surface area contributed by atoms with Crippen molar-refractivity contribution >= 4 is 41.2 Å². The number of hydrogen-bond acceptors (Lipinski definition) is 8. The SMILES string of the molecule is CC(=O)OCC1=C(C(=O)O)N2C(=O)[C@@H](NC(=O)/C(=N/O)c3ccccc3)[C@H]2SC1. The van der Waals surface area contributed by atoms with Gasteiger partial charge in [-0.05, 0) is 0 Å². The van der Waals surface area contributed by atoms with E-state index in [1.165, 1.54) is 18.7 Å². The molecule has 1 fully saturated rings. The Labute approximate surface area is 169 Å². The molecule has 2 aliphatic heterocycles. The van der Waals surface area contributed by atoms with E-state index in [2.05, 4.69) is 10.5 Å². The van der Waals surface area contributed by atoms with Crippen LogP contribution in [0.4, 0.5) is 0 Å². The first kappa shape index (κ1) is 20.4. The van der Waals surface area contributed by atoms with Gasteiger partial charge in [0, 0.05) is 23.8 Å². The fourth-order valence-electron chi connectivity index (χ4n) is 3.02. The molecule has 2 heterocycles. The summed E-state index contributed by atoms with van der Waals surface area (Å²) in [5.74, 6) is -3.04. The molecular weight excluding hydrogens is 402 g/mol. The molecule has 0 radical (unpaired) electrons. The number of rotatable bonds is 6. The number of amides is 2. The lowest BCUT2D eigenvalue weighted by atomic mass is 10.0. The van der Waals surface area contributed by atoms with Crippen LogP contribution in [0, 0.1) is 0 Å². The maximum atomic E-state index is 12.6. The molecule has 11 heteroatoms. The lowest BCUT2D eigenvalue weighted by Crippen LogP contribution is -2.71. The lowest BCUT2D eigenvalue weighted by molar-refractivity contribution is -0.150. The summed E-state index contributed by atoms with van der Waals surface area (Å²) < 4.78 is 4.87. The van der Waals surface area contributed by atoms with Crippen molar-refractivity contribution in [3.63, 3.8) is 0 Å². The predicted octanol–water partition coefficient (Wildman–Crippen LogP) is 0.167. The molecule has 3 N–H and O–H groups in total. The highest BCUT2D eigenvalue weighted by molar-refractivity contribution is 8.00. The lowest BCUT2D eigenvalue weighted by Gasteiger charge is -2.49. The molecule has 0 unspecified atom stereocenters. The molecule has 29 heavy (non-hydrogen) atoms. The number of carboxylic acid groups (broad SMARTS) is 1. The average Bonchev–Trinajstić information content (AvgIpc) is 2.70. The van der Waals surface area contributed by atoms with Gasteiger partial charge in [-0.2, -0.15) is 0 Å². The topological polar surface area (TPSA) is 146 Å². The van der Waals surface area contributed by atoms with E-state index in [9.17, 15) is 29.5 Å². The number of nitrogens with one attached hydrogen (secondary N) is 1. The number of oxime groups is 1. The Bertz CT molecular complexity index is 929. The first-order valence-electron chi connectivity index (χ1n) is 8.46. The molecule has 10 nitrogen and oxygen atoms in total. The van der Waals surface area contributed by atoms with Crippen molar-refractivity contribution in [2.75, 3.05) is 12.4 Å². The van der Waals surface area contributed by atoms with Crippen LogP contribution in [-0.4, -0.2) is 68.5 Å². The van der Waals surface area contributed by atoms with Crippen molar-refractivity contribution in [3.8, 4) is 0 Å². The predicted molar refractivity (Wildman–Crippen MR) is 101 cm³/mol.